The first-order valence-electron chi connectivity index (χ1n) is 6.32. The fourth-order valence-electron chi connectivity index (χ4n) is 2.30. The third kappa shape index (κ3) is 3.14. The van der Waals surface area contributed by atoms with Gasteiger partial charge in [-0.1, -0.05) is 11.6 Å². The van der Waals surface area contributed by atoms with Crippen molar-refractivity contribution in [1.29, 1.82) is 0 Å². The number of hydrogen-bond donors (Lipinski definition) is 1. The number of aryl methyl sites for hydroxylation is 2. The van der Waals surface area contributed by atoms with Gasteiger partial charge in [0.25, 0.3) is 0 Å². The summed E-state index contributed by atoms with van der Waals surface area (Å²) >= 11 is 6.10. The van der Waals surface area contributed by atoms with E-state index >= 15 is 0 Å². The molecular formula is C14H19ClN4. The summed E-state index contributed by atoms with van der Waals surface area (Å²) in [5, 5.41) is 5.09. The first kappa shape index (κ1) is 14.0. The second kappa shape index (κ2) is 5.72. The normalized spacial score (nSPS) is 12.7. The number of aromatic nitrogens is 3. The number of nitrogens with zero attached hydrogens (tertiary/aromatic N) is 3. The number of halogens is 1. The predicted molar refractivity (Wildman–Crippen MR) is 77.3 cm³/mol. The third-order valence-electron chi connectivity index (χ3n) is 3.46. The van der Waals surface area contributed by atoms with Gasteiger partial charge in [-0.25, -0.2) is 0 Å². The van der Waals surface area contributed by atoms with Crippen molar-refractivity contribution in [3.8, 4) is 0 Å². The van der Waals surface area contributed by atoms with Crippen molar-refractivity contribution in [3.05, 3.63) is 46.0 Å². The molecule has 4 nitrogen and oxygen atoms in total. The van der Waals surface area contributed by atoms with E-state index in [1.807, 2.05) is 24.7 Å². The van der Waals surface area contributed by atoms with Crippen LogP contribution in [0.5, 0.6) is 0 Å². The number of pyridine rings is 1. The zero-order chi connectivity index (χ0) is 14.0. The highest BCUT2D eigenvalue weighted by atomic mass is 35.5. The topological polar surface area (TPSA) is 56.7 Å². The Morgan fingerprint density at radius 3 is 2.68 bits per heavy atom. The van der Waals surface area contributed by atoms with Crippen molar-refractivity contribution >= 4 is 11.6 Å². The van der Waals surface area contributed by atoms with Crippen LogP contribution in [0.1, 0.15) is 22.5 Å². The van der Waals surface area contributed by atoms with E-state index in [-0.39, 0.29) is 6.04 Å². The molecule has 0 spiro atoms. The minimum Gasteiger partial charge on any atom is -0.327 e. The van der Waals surface area contributed by atoms with Gasteiger partial charge in [-0.2, -0.15) is 5.10 Å². The van der Waals surface area contributed by atoms with Crippen LogP contribution in [-0.4, -0.2) is 20.8 Å². The Hall–Kier alpha value is -1.39. The Morgan fingerprint density at radius 2 is 2.11 bits per heavy atom. The van der Waals surface area contributed by atoms with Crippen LogP contribution in [0.2, 0.25) is 5.02 Å². The summed E-state index contributed by atoms with van der Waals surface area (Å²) in [6.45, 7) is 4.09. The van der Waals surface area contributed by atoms with Gasteiger partial charge >= 0.3 is 0 Å². The zero-order valence-electron chi connectivity index (χ0n) is 11.5. The Bertz CT molecular complexity index is 577. The summed E-state index contributed by atoms with van der Waals surface area (Å²) in [5.41, 5.74) is 10.7. The van der Waals surface area contributed by atoms with E-state index < -0.39 is 0 Å². The van der Waals surface area contributed by atoms with Gasteiger partial charge < -0.3 is 5.73 Å². The standard InChI is InChI=1S/C14H19ClN4/c1-9-13(10(2)19(3)18-9)7-12(16)6-11-4-5-17-8-14(11)15/h4-5,8,12H,6-7,16H2,1-3H3. The van der Waals surface area contributed by atoms with Crippen molar-refractivity contribution in [2.45, 2.75) is 32.7 Å². The van der Waals surface area contributed by atoms with Crippen LogP contribution in [0.4, 0.5) is 0 Å². The van der Waals surface area contributed by atoms with Gasteiger partial charge in [0, 0.05) is 31.2 Å². The number of nitrogens with two attached hydrogens (primary N) is 1. The van der Waals surface area contributed by atoms with Crippen LogP contribution in [0, 0.1) is 13.8 Å². The van der Waals surface area contributed by atoms with Gasteiger partial charge in [-0.15, -0.1) is 0 Å². The molecule has 0 aliphatic carbocycles. The molecule has 19 heavy (non-hydrogen) atoms. The lowest BCUT2D eigenvalue weighted by atomic mass is 9.99. The van der Waals surface area contributed by atoms with E-state index in [1.54, 1.807) is 12.4 Å². The zero-order valence-corrected chi connectivity index (χ0v) is 12.3. The van der Waals surface area contributed by atoms with E-state index in [0.29, 0.717) is 5.02 Å². The Kier molecular flexibility index (Phi) is 4.22. The number of hydrogen-bond acceptors (Lipinski definition) is 3. The van der Waals surface area contributed by atoms with E-state index in [2.05, 4.69) is 17.0 Å². The maximum atomic E-state index is 6.24. The van der Waals surface area contributed by atoms with Gasteiger partial charge in [0.05, 0.1) is 10.7 Å². The minimum absolute atomic E-state index is 0.0292. The average Bonchev–Trinajstić information content (AvgIpc) is 2.59. The highest BCUT2D eigenvalue weighted by molar-refractivity contribution is 6.31. The van der Waals surface area contributed by atoms with E-state index in [0.717, 1.165) is 24.1 Å². The molecular weight excluding hydrogens is 260 g/mol. The smallest absolute Gasteiger partial charge is 0.0628 e. The molecule has 2 heterocycles. The van der Waals surface area contributed by atoms with Gasteiger partial charge in [0.2, 0.25) is 0 Å². The second-order valence-corrected chi connectivity index (χ2v) is 5.32. The first-order valence-corrected chi connectivity index (χ1v) is 6.70. The molecule has 0 radical (unpaired) electrons. The quantitative estimate of drug-likeness (QED) is 0.933. The summed E-state index contributed by atoms with van der Waals surface area (Å²) < 4.78 is 1.90. The molecule has 2 aromatic heterocycles. The second-order valence-electron chi connectivity index (χ2n) is 4.91. The molecule has 2 aromatic rings. The fraction of sp³-hybridized carbons (Fsp3) is 0.429. The lowest BCUT2D eigenvalue weighted by Crippen LogP contribution is -2.26. The molecule has 2 N–H and O–H groups in total. The summed E-state index contributed by atoms with van der Waals surface area (Å²) in [5.74, 6) is 0. The molecule has 102 valence electrons. The van der Waals surface area contributed by atoms with Crippen LogP contribution in [0.15, 0.2) is 18.5 Å². The molecule has 2 rings (SSSR count). The van der Waals surface area contributed by atoms with Crippen molar-refractivity contribution in [2.75, 3.05) is 0 Å². The molecule has 0 aromatic carbocycles. The summed E-state index contributed by atoms with van der Waals surface area (Å²) in [6, 6.07) is 1.95. The molecule has 0 amide bonds. The first-order chi connectivity index (χ1) is 8.99. The minimum atomic E-state index is 0.0292. The van der Waals surface area contributed by atoms with Crippen LogP contribution < -0.4 is 5.73 Å². The van der Waals surface area contributed by atoms with Crippen molar-refractivity contribution in [2.24, 2.45) is 12.8 Å². The molecule has 0 saturated heterocycles. The van der Waals surface area contributed by atoms with Gasteiger partial charge in [0.1, 0.15) is 0 Å². The summed E-state index contributed by atoms with van der Waals surface area (Å²) in [7, 11) is 1.96. The maximum absolute atomic E-state index is 6.24. The molecule has 1 unspecified atom stereocenters. The van der Waals surface area contributed by atoms with Gasteiger partial charge in [0.15, 0.2) is 0 Å². The summed E-state index contributed by atoms with van der Waals surface area (Å²) in [6.07, 6.45) is 4.96. The van der Waals surface area contributed by atoms with Crippen LogP contribution in [0.3, 0.4) is 0 Å². The fourth-order valence-corrected chi connectivity index (χ4v) is 2.50. The van der Waals surface area contributed by atoms with E-state index in [4.69, 9.17) is 17.3 Å². The molecule has 0 bridgehead atoms. The largest absolute Gasteiger partial charge is 0.327 e. The third-order valence-corrected chi connectivity index (χ3v) is 3.80. The molecule has 1 atom stereocenters. The monoisotopic (exact) mass is 278 g/mol. The highest BCUT2D eigenvalue weighted by Gasteiger charge is 2.14. The summed E-state index contributed by atoms with van der Waals surface area (Å²) in [4.78, 5) is 3.98. The van der Waals surface area contributed by atoms with Gasteiger partial charge in [-0.05, 0) is 43.9 Å². The Labute approximate surface area is 118 Å². The molecule has 0 fully saturated rings. The van der Waals surface area contributed by atoms with Crippen LogP contribution in [-0.2, 0) is 19.9 Å². The maximum Gasteiger partial charge on any atom is 0.0628 e. The Balaban J connectivity index is 2.10. The SMILES string of the molecule is Cc1nn(C)c(C)c1CC(N)Cc1ccncc1Cl. The average molecular weight is 279 g/mol. The lowest BCUT2D eigenvalue weighted by Gasteiger charge is -2.13. The van der Waals surface area contributed by atoms with Gasteiger partial charge in [-0.3, -0.25) is 9.67 Å². The predicted octanol–water partition coefficient (Wildman–Crippen LogP) is 2.20. The Morgan fingerprint density at radius 1 is 1.37 bits per heavy atom. The van der Waals surface area contributed by atoms with Crippen molar-refractivity contribution in [3.63, 3.8) is 0 Å². The highest BCUT2D eigenvalue weighted by Crippen LogP contribution is 2.18. The van der Waals surface area contributed by atoms with Crippen molar-refractivity contribution in [1.82, 2.24) is 14.8 Å². The van der Waals surface area contributed by atoms with Crippen molar-refractivity contribution < 1.29 is 0 Å². The number of rotatable bonds is 4. The van der Waals surface area contributed by atoms with E-state index in [9.17, 15) is 0 Å². The van der Waals surface area contributed by atoms with Crippen LogP contribution in [0.25, 0.3) is 0 Å². The van der Waals surface area contributed by atoms with E-state index in [1.165, 1.54) is 11.3 Å². The molecule has 0 aliphatic rings. The molecule has 0 saturated carbocycles. The van der Waals surface area contributed by atoms with Crippen LogP contribution >= 0.6 is 11.6 Å². The lowest BCUT2D eigenvalue weighted by molar-refractivity contribution is 0.658. The molecule has 5 heteroatoms. The molecule has 0 aliphatic heterocycles.